The molecule has 0 radical (unpaired) electrons. The predicted molar refractivity (Wildman–Crippen MR) is 70.6 cm³/mol. The molecule has 2 nitrogen and oxygen atoms in total. The van der Waals surface area contributed by atoms with E-state index in [0.29, 0.717) is 4.90 Å². The molecule has 0 fully saturated rings. The van der Waals surface area contributed by atoms with E-state index in [1.54, 1.807) is 24.3 Å². The van der Waals surface area contributed by atoms with Gasteiger partial charge in [-0.25, -0.2) is 8.78 Å². The van der Waals surface area contributed by atoms with Crippen LogP contribution in [0.25, 0.3) is 0 Å². The maximum atomic E-state index is 13.1. The number of hydrogen-bond donors (Lipinski definition) is 1. The number of thioether (sulfide) groups is 1. The number of hydrogen-bond acceptors (Lipinski definition) is 2. The van der Waals surface area contributed by atoms with Crippen molar-refractivity contribution < 1.29 is 13.6 Å². The van der Waals surface area contributed by atoms with Crippen molar-refractivity contribution in [2.45, 2.75) is 10.1 Å². The normalized spacial score (nSPS) is 12.1. The van der Waals surface area contributed by atoms with E-state index in [1.807, 2.05) is 6.07 Å². The first kappa shape index (κ1) is 13.5. The lowest BCUT2D eigenvalue weighted by Crippen LogP contribution is -2.18. The number of carbonyl (C=O) groups is 1. The van der Waals surface area contributed by atoms with E-state index in [0.717, 1.165) is 29.5 Å². The third-order valence-corrected chi connectivity index (χ3v) is 3.77. The minimum atomic E-state index is -0.943. The van der Waals surface area contributed by atoms with Crippen molar-refractivity contribution in [3.8, 4) is 0 Å². The molecule has 2 aromatic rings. The molecule has 0 aromatic heterocycles. The highest BCUT2D eigenvalue weighted by atomic mass is 32.2. The monoisotopic (exact) mass is 279 g/mol. The summed E-state index contributed by atoms with van der Waals surface area (Å²) in [5.41, 5.74) is 6.08. The molecule has 0 aliphatic carbocycles. The van der Waals surface area contributed by atoms with Crippen LogP contribution in [-0.2, 0) is 4.79 Å². The van der Waals surface area contributed by atoms with Gasteiger partial charge in [0.15, 0.2) is 11.6 Å². The molecule has 1 amide bonds. The molecule has 0 spiro atoms. The van der Waals surface area contributed by atoms with Crippen LogP contribution in [0.2, 0.25) is 0 Å². The second-order valence-electron chi connectivity index (χ2n) is 3.89. The number of nitrogens with two attached hydrogens (primary N) is 1. The van der Waals surface area contributed by atoms with E-state index in [2.05, 4.69) is 0 Å². The van der Waals surface area contributed by atoms with E-state index < -0.39 is 22.8 Å². The fourth-order valence-corrected chi connectivity index (χ4v) is 2.60. The zero-order valence-electron chi connectivity index (χ0n) is 9.85. The number of halogens is 2. The molecule has 0 unspecified atom stereocenters. The first-order chi connectivity index (χ1) is 9.08. The molecule has 5 heteroatoms. The molecule has 0 aliphatic rings. The van der Waals surface area contributed by atoms with Crippen LogP contribution >= 0.6 is 11.8 Å². The van der Waals surface area contributed by atoms with Crippen molar-refractivity contribution in [2.75, 3.05) is 0 Å². The second kappa shape index (κ2) is 5.84. The lowest BCUT2D eigenvalue weighted by atomic mass is 10.1. The van der Waals surface area contributed by atoms with Crippen molar-refractivity contribution in [1.29, 1.82) is 0 Å². The highest BCUT2D eigenvalue weighted by Gasteiger charge is 2.19. The summed E-state index contributed by atoms with van der Waals surface area (Å²) in [6, 6.07) is 12.4. The second-order valence-corrected chi connectivity index (χ2v) is 5.07. The van der Waals surface area contributed by atoms with E-state index in [9.17, 15) is 13.6 Å². The smallest absolute Gasteiger partial charge is 0.235 e. The third-order valence-electron chi connectivity index (χ3n) is 2.51. The maximum Gasteiger partial charge on any atom is 0.235 e. The highest BCUT2D eigenvalue weighted by molar-refractivity contribution is 8.00. The lowest BCUT2D eigenvalue weighted by Gasteiger charge is -2.13. The van der Waals surface area contributed by atoms with Crippen LogP contribution in [0.1, 0.15) is 10.8 Å². The van der Waals surface area contributed by atoms with Crippen molar-refractivity contribution in [3.05, 3.63) is 65.7 Å². The molecule has 0 heterocycles. The molecule has 0 aliphatic heterocycles. The standard InChI is InChI=1S/C14H11F2NOS/c15-11-7-6-10(8-12(11)16)19-13(14(17)18)9-4-2-1-3-5-9/h1-8,13H,(H2,17,18)/t13-/m1/s1. The molecule has 2 N–H and O–H groups in total. The van der Waals surface area contributed by atoms with Crippen LogP contribution in [-0.4, -0.2) is 5.91 Å². The average Bonchev–Trinajstić information content (AvgIpc) is 2.40. The van der Waals surface area contributed by atoms with Crippen molar-refractivity contribution in [2.24, 2.45) is 5.73 Å². The number of primary amides is 1. The Morgan fingerprint density at radius 1 is 1.05 bits per heavy atom. The minimum absolute atomic E-state index is 0.451. The zero-order chi connectivity index (χ0) is 13.8. The Kier molecular flexibility index (Phi) is 4.16. The van der Waals surface area contributed by atoms with Gasteiger partial charge < -0.3 is 5.73 Å². The van der Waals surface area contributed by atoms with Gasteiger partial charge in [0.1, 0.15) is 5.25 Å². The first-order valence-corrected chi connectivity index (χ1v) is 6.42. The van der Waals surface area contributed by atoms with E-state index in [-0.39, 0.29) is 0 Å². The molecule has 2 rings (SSSR count). The SMILES string of the molecule is NC(=O)[C@H](Sc1ccc(F)c(F)c1)c1ccccc1. The van der Waals surface area contributed by atoms with Crippen LogP contribution in [0.15, 0.2) is 53.4 Å². The Morgan fingerprint density at radius 3 is 2.32 bits per heavy atom. The molecule has 1 atom stereocenters. The first-order valence-electron chi connectivity index (χ1n) is 5.54. The van der Waals surface area contributed by atoms with Crippen LogP contribution in [0.4, 0.5) is 8.78 Å². The summed E-state index contributed by atoms with van der Waals surface area (Å²) in [5, 5.41) is -0.633. The van der Waals surface area contributed by atoms with Gasteiger partial charge in [-0.1, -0.05) is 30.3 Å². The van der Waals surface area contributed by atoms with Crippen molar-refractivity contribution >= 4 is 17.7 Å². The Bertz CT molecular complexity index is 589. The molecule has 0 saturated carbocycles. The summed E-state index contributed by atoms with van der Waals surface area (Å²) in [4.78, 5) is 11.9. The van der Waals surface area contributed by atoms with Crippen LogP contribution < -0.4 is 5.73 Å². The Labute approximate surface area is 113 Å². The number of benzene rings is 2. The molecule has 2 aromatic carbocycles. The highest BCUT2D eigenvalue weighted by Crippen LogP contribution is 2.35. The van der Waals surface area contributed by atoms with E-state index in [4.69, 9.17) is 5.73 Å². The number of amides is 1. The minimum Gasteiger partial charge on any atom is -0.368 e. The van der Waals surface area contributed by atoms with E-state index >= 15 is 0 Å². The average molecular weight is 279 g/mol. The molecule has 98 valence electrons. The topological polar surface area (TPSA) is 43.1 Å². The summed E-state index contributed by atoms with van der Waals surface area (Å²) >= 11 is 1.09. The summed E-state index contributed by atoms with van der Waals surface area (Å²) in [6.07, 6.45) is 0. The fourth-order valence-electron chi connectivity index (χ4n) is 1.60. The molecule has 0 saturated heterocycles. The molecule has 0 bridgehead atoms. The van der Waals surface area contributed by atoms with Gasteiger partial charge in [-0.05, 0) is 23.8 Å². The quantitative estimate of drug-likeness (QED) is 0.873. The van der Waals surface area contributed by atoms with Gasteiger partial charge in [-0.2, -0.15) is 0 Å². The Balaban J connectivity index is 2.27. The summed E-state index contributed by atoms with van der Waals surface area (Å²) in [5.74, 6) is -2.39. The van der Waals surface area contributed by atoms with Crippen molar-refractivity contribution in [1.82, 2.24) is 0 Å². The van der Waals surface area contributed by atoms with E-state index in [1.165, 1.54) is 6.07 Å². The molecular formula is C14H11F2NOS. The Morgan fingerprint density at radius 2 is 1.74 bits per heavy atom. The van der Waals surface area contributed by atoms with Crippen LogP contribution in [0.3, 0.4) is 0 Å². The zero-order valence-corrected chi connectivity index (χ0v) is 10.7. The van der Waals surface area contributed by atoms with Gasteiger partial charge in [0.05, 0.1) is 0 Å². The Hall–Kier alpha value is -1.88. The fraction of sp³-hybridized carbons (Fsp3) is 0.0714. The van der Waals surface area contributed by atoms with Gasteiger partial charge >= 0.3 is 0 Å². The lowest BCUT2D eigenvalue weighted by molar-refractivity contribution is -0.117. The third kappa shape index (κ3) is 3.32. The molecular weight excluding hydrogens is 268 g/mol. The van der Waals surface area contributed by atoms with Gasteiger partial charge in [0.25, 0.3) is 0 Å². The maximum absolute atomic E-state index is 13.1. The van der Waals surface area contributed by atoms with Gasteiger partial charge in [0.2, 0.25) is 5.91 Å². The summed E-state index contributed by atoms with van der Waals surface area (Å²) in [7, 11) is 0. The van der Waals surface area contributed by atoms with Gasteiger partial charge in [0, 0.05) is 4.90 Å². The predicted octanol–water partition coefficient (Wildman–Crippen LogP) is 3.28. The number of rotatable bonds is 4. The van der Waals surface area contributed by atoms with Gasteiger partial charge in [-0.15, -0.1) is 11.8 Å². The molecule has 19 heavy (non-hydrogen) atoms. The van der Waals surface area contributed by atoms with Crippen LogP contribution in [0.5, 0.6) is 0 Å². The summed E-state index contributed by atoms with van der Waals surface area (Å²) in [6.45, 7) is 0. The largest absolute Gasteiger partial charge is 0.368 e. The van der Waals surface area contributed by atoms with Crippen LogP contribution in [0, 0.1) is 11.6 Å². The summed E-state index contributed by atoms with van der Waals surface area (Å²) < 4.78 is 26.0. The number of carbonyl (C=O) groups excluding carboxylic acids is 1. The van der Waals surface area contributed by atoms with Gasteiger partial charge in [-0.3, -0.25) is 4.79 Å². The van der Waals surface area contributed by atoms with Crippen molar-refractivity contribution in [3.63, 3.8) is 0 Å².